The van der Waals surface area contributed by atoms with Gasteiger partial charge in [0.25, 0.3) is 0 Å². The highest BCUT2D eigenvalue weighted by molar-refractivity contribution is 5.81. The number of nitrogens with two attached hydrogens (primary N) is 1. The van der Waals surface area contributed by atoms with E-state index in [4.69, 9.17) is 5.73 Å². The molecule has 0 spiro atoms. The predicted octanol–water partition coefficient (Wildman–Crippen LogP) is 2.05. The van der Waals surface area contributed by atoms with E-state index in [0.717, 1.165) is 12.0 Å². The molecule has 0 aliphatic heterocycles. The minimum atomic E-state index is -0.426. The number of primary amides is 1. The molecule has 0 bridgehead atoms. The van der Waals surface area contributed by atoms with Gasteiger partial charge >= 0.3 is 0 Å². The van der Waals surface area contributed by atoms with Crippen molar-refractivity contribution in [3.63, 3.8) is 0 Å². The van der Waals surface area contributed by atoms with Crippen molar-refractivity contribution < 1.29 is 4.79 Å². The van der Waals surface area contributed by atoms with Crippen LogP contribution >= 0.6 is 0 Å². The van der Waals surface area contributed by atoms with Crippen molar-refractivity contribution in [3.05, 3.63) is 71.8 Å². The van der Waals surface area contributed by atoms with Gasteiger partial charge in [0.1, 0.15) is 6.04 Å². The Bertz CT molecular complexity index is 511. The Morgan fingerprint density at radius 2 is 1.58 bits per heavy atom. The van der Waals surface area contributed by atoms with Crippen molar-refractivity contribution in [1.29, 1.82) is 0 Å². The minimum Gasteiger partial charge on any atom is -0.368 e. The molecule has 1 atom stereocenters. The van der Waals surface area contributed by atoms with Gasteiger partial charge in [0.05, 0.1) is 0 Å². The summed E-state index contributed by atoms with van der Waals surface area (Å²) in [5.74, 6) is -0.348. The quantitative estimate of drug-likeness (QED) is 0.829. The SMILES string of the molecule is NC(=O)C(NCCc1ccccc1)c1ccccc1. The van der Waals surface area contributed by atoms with Crippen LogP contribution in [0.2, 0.25) is 0 Å². The summed E-state index contributed by atoms with van der Waals surface area (Å²) in [5.41, 5.74) is 7.59. The van der Waals surface area contributed by atoms with E-state index >= 15 is 0 Å². The average molecular weight is 254 g/mol. The third-order valence-electron chi connectivity index (χ3n) is 3.02. The Labute approximate surface area is 113 Å². The number of carbonyl (C=O) groups excluding carboxylic acids is 1. The fourth-order valence-electron chi connectivity index (χ4n) is 2.03. The van der Waals surface area contributed by atoms with E-state index in [1.165, 1.54) is 5.56 Å². The van der Waals surface area contributed by atoms with E-state index in [9.17, 15) is 4.79 Å². The summed E-state index contributed by atoms with van der Waals surface area (Å²) in [4.78, 5) is 11.5. The number of benzene rings is 2. The van der Waals surface area contributed by atoms with Crippen LogP contribution in [0.15, 0.2) is 60.7 Å². The Morgan fingerprint density at radius 1 is 1.00 bits per heavy atom. The highest BCUT2D eigenvalue weighted by Gasteiger charge is 2.15. The van der Waals surface area contributed by atoms with Gasteiger partial charge < -0.3 is 11.1 Å². The molecule has 1 amide bonds. The Morgan fingerprint density at radius 3 is 2.16 bits per heavy atom. The molecule has 2 rings (SSSR count). The molecule has 0 heterocycles. The first-order chi connectivity index (χ1) is 9.27. The number of hydrogen-bond donors (Lipinski definition) is 2. The Balaban J connectivity index is 1.94. The van der Waals surface area contributed by atoms with Gasteiger partial charge in [-0.05, 0) is 17.5 Å². The maximum atomic E-state index is 11.5. The molecule has 0 radical (unpaired) electrons. The van der Waals surface area contributed by atoms with Gasteiger partial charge in [-0.25, -0.2) is 0 Å². The van der Waals surface area contributed by atoms with Crippen LogP contribution in [0.4, 0.5) is 0 Å². The summed E-state index contributed by atoms with van der Waals surface area (Å²) < 4.78 is 0. The standard InChI is InChI=1S/C16H18N2O/c17-16(19)15(14-9-5-2-6-10-14)18-12-11-13-7-3-1-4-8-13/h1-10,15,18H,11-12H2,(H2,17,19). The zero-order chi connectivity index (χ0) is 13.5. The minimum absolute atomic E-state index is 0.348. The van der Waals surface area contributed by atoms with E-state index in [0.29, 0.717) is 6.54 Å². The molecule has 0 saturated heterocycles. The van der Waals surface area contributed by atoms with Gasteiger partial charge in [-0.3, -0.25) is 4.79 Å². The summed E-state index contributed by atoms with van der Waals surface area (Å²) in [6.45, 7) is 0.715. The van der Waals surface area contributed by atoms with Gasteiger partial charge in [0.15, 0.2) is 0 Å². The molecule has 1 unspecified atom stereocenters. The molecule has 0 aromatic heterocycles. The summed E-state index contributed by atoms with van der Waals surface area (Å²) in [6.07, 6.45) is 0.872. The van der Waals surface area contributed by atoms with Crippen molar-refractivity contribution in [2.45, 2.75) is 12.5 Å². The molecular formula is C16H18N2O. The third kappa shape index (κ3) is 3.93. The zero-order valence-electron chi connectivity index (χ0n) is 10.8. The van der Waals surface area contributed by atoms with Crippen LogP contribution in [0.5, 0.6) is 0 Å². The first-order valence-corrected chi connectivity index (χ1v) is 6.39. The molecular weight excluding hydrogens is 236 g/mol. The molecule has 3 heteroatoms. The molecule has 0 aliphatic rings. The van der Waals surface area contributed by atoms with Crippen molar-refractivity contribution in [2.24, 2.45) is 5.73 Å². The first-order valence-electron chi connectivity index (χ1n) is 6.39. The predicted molar refractivity (Wildman–Crippen MR) is 76.5 cm³/mol. The second-order valence-corrected chi connectivity index (χ2v) is 4.44. The molecule has 19 heavy (non-hydrogen) atoms. The fourth-order valence-corrected chi connectivity index (χ4v) is 2.03. The lowest BCUT2D eigenvalue weighted by molar-refractivity contribution is -0.120. The van der Waals surface area contributed by atoms with E-state index in [1.54, 1.807) is 0 Å². The number of amides is 1. The molecule has 98 valence electrons. The molecule has 0 fully saturated rings. The highest BCUT2D eigenvalue weighted by atomic mass is 16.1. The van der Waals surface area contributed by atoms with Crippen LogP contribution in [-0.4, -0.2) is 12.5 Å². The van der Waals surface area contributed by atoms with Gasteiger partial charge in [0, 0.05) is 6.54 Å². The van der Waals surface area contributed by atoms with Gasteiger partial charge in [-0.15, -0.1) is 0 Å². The van der Waals surface area contributed by atoms with Crippen LogP contribution in [0.25, 0.3) is 0 Å². The largest absolute Gasteiger partial charge is 0.368 e. The summed E-state index contributed by atoms with van der Waals surface area (Å²) in [6, 6.07) is 19.3. The normalized spacial score (nSPS) is 12.0. The van der Waals surface area contributed by atoms with E-state index in [2.05, 4.69) is 17.4 Å². The smallest absolute Gasteiger partial charge is 0.239 e. The van der Waals surface area contributed by atoms with Crippen LogP contribution in [-0.2, 0) is 11.2 Å². The summed E-state index contributed by atoms with van der Waals surface area (Å²) in [5, 5.41) is 3.21. The van der Waals surface area contributed by atoms with Crippen LogP contribution < -0.4 is 11.1 Å². The number of hydrogen-bond acceptors (Lipinski definition) is 2. The number of rotatable bonds is 6. The molecule has 3 N–H and O–H groups in total. The summed E-state index contributed by atoms with van der Waals surface area (Å²) >= 11 is 0. The second-order valence-electron chi connectivity index (χ2n) is 4.44. The average Bonchev–Trinajstić information content (AvgIpc) is 2.45. The topological polar surface area (TPSA) is 55.1 Å². The summed E-state index contributed by atoms with van der Waals surface area (Å²) in [7, 11) is 0. The lowest BCUT2D eigenvalue weighted by Gasteiger charge is -2.15. The maximum Gasteiger partial charge on any atom is 0.239 e. The van der Waals surface area contributed by atoms with Crippen molar-refractivity contribution >= 4 is 5.91 Å². The maximum absolute atomic E-state index is 11.5. The second kappa shape index (κ2) is 6.71. The molecule has 3 nitrogen and oxygen atoms in total. The Hall–Kier alpha value is -2.13. The monoisotopic (exact) mass is 254 g/mol. The number of nitrogens with one attached hydrogen (secondary N) is 1. The lowest BCUT2D eigenvalue weighted by Crippen LogP contribution is -2.34. The van der Waals surface area contributed by atoms with Gasteiger partial charge in [0.2, 0.25) is 5.91 Å². The van der Waals surface area contributed by atoms with Crippen LogP contribution in [0.3, 0.4) is 0 Å². The van der Waals surface area contributed by atoms with E-state index < -0.39 is 6.04 Å². The van der Waals surface area contributed by atoms with Gasteiger partial charge in [-0.1, -0.05) is 60.7 Å². The lowest BCUT2D eigenvalue weighted by atomic mass is 10.1. The van der Waals surface area contributed by atoms with Crippen LogP contribution in [0, 0.1) is 0 Å². The molecule has 2 aromatic carbocycles. The first kappa shape index (κ1) is 13.3. The number of carbonyl (C=O) groups is 1. The third-order valence-corrected chi connectivity index (χ3v) is 3.02. The van der Waals surface area contributed by atoms with E-state index in [-0.39, 0.29) is 5.91 Å². The fraction of sp³-hybridized carbons (Fsp3) is 0.188. The van der Waals surface area contributed by atoms with E-state index in [1.807, 2.05) is 48.5 Å². The van der Waals surface area contributed by atoms with Crippen molar-refractivity contribution in [3.8, 4) is 0 Å². The van der Waals surface area contributed by atoms with Crippen molar-refractivity contribution in [1.82, 2.24) is 5.32 Å². The highest BCUT2D eigenvalue weighted by Crippen LogP contribution is 2.11. The van der Waals surface area contributed by atoms with Gasteiger partial charge in [-0.2, -0.15) is 0 Å². The zero-order valence-corrected chi connectivity index (χ0v) is 10.8. The Kier molecular flexibility index (Phi) is 4.70. The molecule has 0 aliphatic carbocycles. The van der Waals surface area contributed by atoms with Crippen molar-refractivity contribution in [2.75, 3.05) is 6.54 Å². The van der Waals surface area contributed by atoms with Crippen LogP contribution in [0.1, 0.15) is 17.2 Å². The molecule has 0 saturated carbocycles. The molecule has 2 aromatic rings.